The summed E-state index contributed by atoms with van der Waals surface area (Å²) in [4.78, 5) is 36.7. The van der Waals surface area contributed by atoms with Crippen LogP contribution in [0.25, 0.3) is 0 Å². The van der Waals surface area contributed by atoms with E-state index in [0.29, 0.717) is 31.0 Å². The number of carboxylic acids is 2. The minimum absolute atomic E-state index is 0.0603. The molecule has 0 bridgehead atoms. The zero-order valence-electron chi connectivity index (χ0n) is 20.6. The first-order valence-corrected chi connectivity index (χ1v) is 11.9. The number of pyridine rings is 1. The van der Waals surface area contributed by atoms with Crippen molar-refractivity contribution in [1.82, 2.24) is 9.88 Å². The summed E-state index contributed by atoms with van der Waals surface area (Å²) >= 11 is 0. The summed E-state index contributed by atoms with van der Waals surface area (Å²) < 4.78 is 74.9. The number of likely N-dealkylation sites (tertiary alicyclic amines) is 1. The number of alkyl halides is 6. The van der Waals surface area contributed by atoms with Crippen LogP contribution in [0, 0.1) is 17.8 Å². The number of carbonyl (C=O) groups is 3. The van der Waals surface area contributed by atoms with Crippen molar-refractivity contribution in [2.75, 3.05) is 44.8 Å². The Labute approximate surface area is 219 Å². The van der Waals surface area contributed by atoms with Gasteiger partial charge < -0.3 is 29.9 Å². The highest BCUT2D eigenvalue weighted by molar-refractivity contribution is 5.90. The number of carboxylic acid groups (broad SMARTS) is 2. The van der Waals surface area contributed by atoms with Crippen molar-refractivity contribution in [3.05, 3.63) is 24.5 Å². The van der Waals surface area contributed by atoms with E-state index in [2.05, 4.69) is 15.2 Å². The van der Waals surface area contributed by atoms with Crippen LogP contribution in [0.5, 0.6) is 0 Å². The summed E-state index contributed by atoms with van der Waals surface area (Å²) in [5.74, 6) is -3.90. The van der Waals surface area contributed by atoms with E-state index in [4.69, 9.17) is 29.3 Å². The molecule has 0 spiro atoms. The SMILES string of the molecule is O=C(C[C@@H]1CO[C@@H]2CN(CC3CCOCC3)C[C@H]12)Nc1cccnc1.O=C(O)C(F)(F)F.O=C(O)C(F)(F)F. The second-order valence-electron chi connectivity index (χ2n) is 9.17. The lowest BCUT2D eigenvalue weighted by atomic mass is 9.90. The number of amides is 1. The number of anilines is 1. The van der Waals surface area contributed by atoms with Gasteiger partial charge in [-0.25, -0.2) is 9.59 Å². The topological polar surface area (TPSA) is 138 Å². The average molecular weight is 573 g/mol. The normalized spacial score (nSPS) is 23.5. The summed E-state index contributed by atoms with van der Waals surface area (Å²) in [6, 6.07) is 3.69. The Hall–Kier alpha value is -2.98. The van der Waals surface area contributed by atoms with Crippen molar-refractivity contribution in [2.45, 2.75) is 37.7 Å². The van der Waals surface area contributed by atoms with E-state index in [9.17, 15) is 31.1 Å². The number of hydrogen-bond donors (Lipinski definition) is 3. The maximum absolute atomic E-state index is 12.3. The fourth-order valence-electron chi connectivity index (χ4n) is 4.42. The van der Waals surface area contributed by atoms with E-state index in [1.54, 1.807) is 12.4 Å². The Morgan fingerprint density at radius 2 is 1.62 bits per heavy atom. The standard InChI is InChI=1S/C19H27N3O3.2C2HF3O2/c23-19(21-16-2-1-5-20-9-16)8-15-13-25-18-12-22(11-17(15)18)10-14-3-6-24-7-4-14;2*3-2(4,5)1(6)7/h1-2,5,9,14-15,17-18H,3-4,6-8,10-13H2,(H,21,23);2*(H,6,7)/t15-,17-,18-;;/m1../s1. The quantitative estimate of drug-likeness (QED) is 0.454. The molecule has 3 fully saturated rings. The largest absolute Gasteiger partial charge is 0.490 e. The third-order valence-corrected chi connectivity index (χ3v) is 6.25. The molecule has 4 rings (SSSR count). The van der Waals surface area contributed by atoms with Gasteiger partial charge in [-0.2, -0.15) is 26.3 Å². The molecule has 3 atom stereocenters. The molecule has 1 amide bonds. The molecule has 0 saturated carbocycles. The molecule has 3 aliphatic rings. The molecule has 1 aromatic rings. The van der Waals surface area contributed by atoms with Gasteiger partial charge in [0.2, 0.25) is 5.91 Å². The Bertz CT molecular complexity index is 918. The van der Waals surface area contributed by atoms with Crippen molar-refractivity contribution >= 4 is 23.5 Å². The second kappa shape index (κ2) is 14.4. The van der Waals surface area contributed by atoms with Gasteiger partial charge in [0.25, 0.3) is 0 Å². The van der Waals surface area contributed by atoms with Crippen LogP contribution in [0.3, 0.4) is 0 Å². The summed E-state index contributed by atoms with van der Waals surface area (Å²) in [5.41, 5.74) is 0.760. The van der Waals surface area contributed by atoms with Crippen molar-refractivity contribution < 1.29 is 60.4 Å². The molecule has 39 heavy (non-hydrogen) atoms. The Morgan fingerprint density at radius 1 is 1.03 bits per heavy atom. The smallest absolute Gasteiger partial charge is 0.475 e. The fourth-order valence-corrected chi connectivity index (χ4v) is 4.42. The molecule has 0 aromatic carbocycles. The van der Waals surface area contributed by atoms with Gasteiger partial charge >= 0.3 is 24.3 Å². The van der Waals surface area contributed by atoms with Gasteiger partial charge in [-0.3, -0.25) is 9.78 Å². The third-order valence-electron chi connectivity index (χ3n) is 6.25. The predicted octanol–water partition coefficient (Wildman–Crippen LogP) is 3.05. The fraction of sp³-hybridized carbons (Fsp3) is 0.652. The van der Waals surface area contributed by atoms with Crippen molar-refractivity contribution in [3.63, 3.8) is 0 Å². The minimum Gasteiger partial charge on any atom is -0.475 e. The number of ether oxygens (including phenoxy) is 2. The number of rotatable bonds is 5. The molecule has 3 aliphatic heterocycles. The van der Waals surface area contributed by atoms with Gasteiger partial charge in [-0.15, -0.1) is 0 Å². The van der Waals surface area contributed by atoms with Gasteiger partial charge in [0.15, 0.2) is 0 Å². The summed E-state index contributed by atoms with van der Waals surface area (Å²) in [6.45, 7) is 5.74. The molecule has 1 aromatic heterocycles. The maximum atomic E-state index is 12.3. The minimum atomic E-state index is -5.08. The zero-order valence-corrected chi connectivity index (χ0v) is 20.6. The number of aromatic nitrogens is 1. The van der Waals surface area contributed by atoms with Crippen LogP contribution in [-0.4, -0.2) is 95.9 Å². The Morgan fingerprint density at radius 3 is 2.13 bits per heavy atom. The van der Waals surface area contributed by atoms with Crippen LogP contribution >= 0.6 is 0 Å². The molecule has 0 radical (unpaired) electrons. The highest BCUT2D eigenvalue weighted by atomic mass is 19.4. The Balaban J connectivity index is 0.000000317. The molecule has 0 unspecified atom stereocenters. The van der Waals surface area contributed by atoms with Gasteiger partial charge in [0, 0.05) is 51.4 Å². The summed E-state index contributed by atoms with van der Waals surface area (Å²) in [6.07, 6.45) is -3.61. The highest BCUT2D eigenvalue weighted by Crippen LogP contribution is 2.36. The first-order chi connectivity index (χ1) is 18.2. The maximum Gasteiger partial charge on any atom is 0.490 e. The lowest BCUT2D eigenvalue weighted by Crippen LogP contribution is -2.33. The molecular formula is C23H29F6N3O7. The highest BCUT2D eigenvalue weighted by Gasteiger charge is 2.44. The molecule has 16 heteroatoms. The monoisotopic (exact) mass is 573 g/mol. The van der Waals surface area contributed by atoms with Gasteiger partial charge in [0.1, 0.15) is 0 Å². The lowest BCUT2D eigenvalue weighted by molar-refractivity contribution is -0.193. The summed E-state index contributed by atoms with van der Waals surface area (Å²) in [5, 5.41) is 17.2. The average Bonchev–Trinajstić information content (AvgIpc) is 3.41. The van der Waals surface area contributed by atoms with Crippen LogP contribution in [-0.2, 0) is 23.9 Å². The molecule has 10 nitrogen and oxygen atoms in total. The molecule has 4 heterocycles. The molecule has 0 aliphatic carbocycles. The lowest BCUT2D eigenvalue weighted by Gasteiger charge is -2.27. The summed E-state index contributed by atoms with van der Waals surface area (Å²) in [7, 11) is 0. The molecule has 3 saturated heterocycles. The van der Waals surface area contributed by atoms with E-state index in [0.717, 1.165) is 44.5 Å². The van der Waals surface area contributed by atoms with E-state index in [1.165, 1.54) is 12.8 Å². The first-order valence-electron chi connectivity index (χ1n) is 11.9. The third kappa shape index (κ3) is 11.3. The number of hydrogen-bond acceptors (Lipinski definition) is 7. The predicted molar refractivity (Wildman–Crippen MR) is 122 cm³/mol. The number of fused-ring (bicyclic) bond motifs is 1. The number of nitrogens with zero attached hydrogens (tertiary/aromatic N) is 2. The van der Waals surface area contributed by atoms with E-state index in [1.807, 2.05) is 12.1 Å². The van der Waals surface area contributed by atoms with Crippen molar-refractivity contribution in [1.29, 1.82) is 0 Å². The number of halogens is 6. The van der Waals surface area contributed by atoms with E-state index < -0.39 is 24.3 Å². The second-order valence-corrected chi connectivity index (χ2v) is 9.17. The van der Waals surface area contributed by atoms with Crippen LogP contribution < -0.4 is 5.32 Å². The zero-order chi connectivity index (χ0) is 29.2. The van der Waals surface area contributed by atoms with Crippen LogP contribution in [0.1, 0.15) is 19.3 Å². The van der Waals surface area contributed by atoms with E-state index >= 15 is 0 Å². The number of carbonyl (C=O) groups excluding carboxylic acids is 1. The van der Waals surface area contributed by atoms with Crippen molar-refractivity contribution in [2.24, 2.45) is 17.8 Å². The number of aliphatic carboxylic acids is 2. The molecule has 220 valence electrons. The van der Waals surface area contributed by atoms with Gasteiger partial charge in [-0.05, 0) is 36.8 Å². The van der Waals surface area contributed by atoms with Crippen LogP contribution in [0.2, 0.25) is 0 Å². The van der Waals surface area contributed by atoms with Crippen molar-refractivity contribution in [3.8, 4) is 0 Å². The van der Waals surface area contributed by atoms with Crippen LogP contribution in [0.4, 0.5) is 32.0 Å². The molecular weight excluding hydrogens is 544 g/mol. The number of nitrogens with one attached hydrogen (secondary N) is 1. The molecule has 3 N–H and O–H groups in total. The van der Waals surface area contributed by atoms with Crippen LogP contribution in [0.15, 0.2) is 24.5 Å². The van der Waals surface area contributed by atoms with Gasteiger partial charge in [-0.1, -0.05) is 0 Å². The van der Waals surface area contributed by atoms with Gasteiger partial charge in [0.05, 0.1) is 24.6 Å². The first kappa shape index (κ1) is 32.2. The van der Waals surface area contributed by atoms with E-state index in [-0.39, 0.29) is 5.91 Å². The Kier molecular flexibility index (Phi) is 11.9.